The highest BCUT2D eigenvalue weighted by molar-refractivity contribution is 5.38. The van der Waals surface area contributed by atoms with Crippen molar-refractivity contribution in [2.75, 3.05) is 20.1 Å². The fraction of sp³-hybridized carbons (Fsp3) is 0.571. The van der Waals surface area contributed by atoms with Gasteiger partial charge in [0.2, 0.25) is 0 Å². The Morgan fingerprint density at radius 1 is 1.27 bits per heavy atom. The smallest absolute Gasteiger partial charge is 0.00705 e. The molecule has 82 valence electrons. The first-order valence-corrected chi connectivity index (χ1v) is 5.77. The molecule has 0 N–H and O–H groups in total. The van der Waals surface area contributed by atoms with Crippen LogP contribution >= 0.6 is 0 Å². The van der Waals surface area contributed by atoms with Crippen LogP contribution in [-0.2, 0) is 11.8 Å². The van der Waals surface area contributed by atoms with Crippen molar-refractivity contribution in [2.45, 2.75) is 32.6 Å². The van der Waals surface area contributed by atoms with Crippen LogP contribution in [0.5, 0.6) is 0 Å². The Balaban J connectivity index is 2.49. The van der Waals surface area contributed by atoms with Crippen LogP contribution in [0.2, 0.25) is 0 Å². The highest BCUT2D eigenvalue weighted by atomic mass is 15.1. The molecule has 1 nitrogen and oxygen atoms in total. The van der Waals surface area contributed by atoms with E-state index in [1.54, 1.807) is 5.56 Å². The first-order chi connectivity index (χ1) is 6.99. The molecule has 0 saturated heterocycles. The first kappa shape index (κ1) is 10.7. The Labute approximate surface area is 93.1 Å². The van der Waals surface area contributed by atoms with Crippen LogP contribution < -0.4 is 0 Å². The molecular formula is C14H21N. The minimum Gasteiger partial charge on any atom is -0.305 e. The van der Waals surface area contributed by atoms with Gasteiger partial charge in [0.25, 0.3) is 0 Å². The van der Waals surface area contributed by atoms with Gasteiger partial charge in [0.1, 0.15) is 0 Å². The maximum Gasteiger partial charge on any atom is 0.00705 e. The summed E-state index contributed by atoms with van der Waals surface area (Å²) in [6.45, 7) is 9.23. The van der Waals surface area contributed by atoms with Gasteiger partial charge >= 0.3 is 0 Å². The van der Waals surface area contributed by atoms with E-state index in [2.05, 4.69) is 50.9 Å². The van der Waals surface area contributed by atoms with E-state index in [1.165, 1.54) is 24.1 Å². The zero-order chi connectivity index (χ0) is 11.1. The minimum absolute atomic E-state index is 0.284. The molecule has 0 bridgehead atoms. The third-order valence-electron chi connectivity index (χ3n) is 3.42. The van der Waals surface area contributed by atoms with Crippen molar-refractivity contribution in [2.24, 2.45) is 0 Å². The number of nitrogens with zero attached hydrogens (tertiary/aromatic N) is 1. The van der Waals surface area contributed by atoms with Crippen LogP contribution in [0.4, 0.5) is 0 Å². The molecule has 1 aromatic carbocycles. The van der Waals surface area contributed by atoms with E-state index >= 15 is 0 Å². The molecule has 0 spiro atoms. The van der Waals surface area contributed by atoms with Crippen LogP contribution in [0.3, 0.4) is 0 Å². The maximum absolute atomic E-state index is 2.44. The number of aryl methyl sites for hydroxylation is 1. The molecule has 1 aliphatic heterocycles. The fourth-order valence-corrected chi connectivity index (χ4v) is 2.69. The van der Waals surface area contributed by atoms with Gasteiger partial charge in [0.05, 0.1) is 0 Å². The van der Waals surface area contributed by atoms with Crippen LogP contribution in [0, 0.1) is 6.92 Å². The average Bonchev–Trinajstić information content (AvgIpc) is 2.24. The normalized spacial score (nSPS) is 20.8. The summed E-state index contributed by atoms with van der Waals surface area (Å²) in [6.07, 6.45) is 1.19. The van der Waals surface area contributed by atoms with Crippen molar-refractivity contribution in [3.63, 3.8) is 0 Å². The molecule has 0 aliphatic carbocycles. The Morgan fingerprint density at radius 3 is 2.73 bits per heavy atom. The van der Waals surface area contributed by atoms with Gasteiger partial charge in [-0.3, -0.25) is 0 Å². The second-order valence-corrected chi connectivity index (χ2v) is 5.53. The predicted octanol–water partition coefficient (Wildman–Crippen LogP) is 2.76. The Morgan fingerprint density at radius 2 is 2.00 bits per heavy atom. The highest BCUT2D eigenvalue weighted by Gasteiger charge is 2.27. The SMILES string of the molecule is Cc1ccc2c(c1)C(C)(C)CN(C)CC2. The summed E-state index contributed by atoms with van der Waals surface area (Å²) in [5.41, 5.74) is 4.75. The molecule has 0 aromatic heterocycles. The van der Waals surface area contributed by atoms with E-state index in [1.807, 2.05) is 0 Å². The summed E-state index contributed by atoms with van der Waals surface area (Å²) in [4.78, 5) is 2.44. The second kappa shape index (κ2) is 3.64. The van der Waals surface area contributed by atoms with Gasteiger partial charge in [0, 0.05) is 18.5 Å². The lowest BCUT2D eigenvalue weighted by Crippen LogP contribution is -2.33. The molecule has 1 aromatic rings. The minimum atomic E-state index is 0.284. The topological polar surface area (TPSA) is 3.24 Å². The molecule has 1 aliphatic rings. The predicted molar refractivity (Wildman–Crippen MR) is 65.4 cm³/mol. The van der Waals surface area contributed by atoms with Gasteiger partial charge in [-0.2, -0.15) is 0 Å². The third-order valence-corrected chi connectivity index (χ3v) is 3.42. The van der Waals surface area contributed by atoms with Crippen molar-refractivity contribution in [3.05, 3.63) is 34.9 Å². The zero-order valence-electron chi connectivity index (χ0n) is 10.3. The summed E-state index contributed by atoms with van der Waals surface area (Å²) in [5.74, 6) is 0. The molecule has 0 fully saturated rings. The molecule has 15 heavy (non-hydrogen) atoms. The van der Waals surface area contributed by atoms with Gasteiger partial charge in [-0.15, -0.1) is 0 Å². The molecular weight excluding hydrogens is 182 g/mol. The third kappa shape index (κ3) is 2.07. The van der Waals surface area contributed by atoms with Crippen LogP contribution in [-0.4, -0.2) is 25.0 Å². The number of likely N-dealkylation sites (N-methyl/N-ethyl adjacent to an activating group) is 1. The average molecular weight is 203 g/mol. The van der Waals surface area contributed by atoms with E-state index in [9.17, 15) is 0 Å². The van der Waals surface area contributed by atoms with Gasteiger partial charge in [-0.1, -0.05) is 37.6 Å². The summed E-state index contributed by atoms with van der Waals surface area (Å²) < 4.78 is 0. The lowest BCUT2D eigenvalue weighted by molar-refractivity contribution is 0.283. The van der Waals surface area contributed by atoms with E-state index in [-0.39, 0.29) is 5.41 Å². The fourth-order valence-electron chi connectivity index (χ4n) is 2.69. The Hall–Kier alpha value is -0.820. The standard InChI is InChI=1S/C14H21N/c1-11-5-6-12-7-8-15(4)10-14(2,3)13(12)9-11/h5-6,9H,7-8,10H2,1-4H3. The Kier molecular flexibility index (Phi) is 2.59. The maximum atomic E-state index is 2.44. The van der Waals surface area contributed by atoms with Crippen molar-refractivity contribution >= 4 is 0 Å². The molecule has 0 atom stereocenters. The quantitative estimate of drug-likeness (QED) is 0.626. The van der Waals surface area contributed by atoms with Crippen molar-refractivity contribution in [1.29, 1.82) is 0 Å². The monoisotopic (exact) mass is 203 g/mol. The van der Waals surface area contributed by atoms with E-state index < -0.39 is 0 Å². The molecule has 2 rings (SSSR count). The van der Waals surface area contributed by atoms with Crippen molar-refractivity contribution < 1.29 is 0 Å². The zero-order valence-corrected chi connectivity index (χ0v) is 10.3. The van der Waals surface area contributed by atoms with Crippen LogP contribution in [0.1, 0.15) is 30.5 Å². The number of benzene rings is 1. The molecule has 0 amide bonds. The molecule has 0 unspecified atom stereocenters. The summed E-state index contributed by atoms with van der Waals surface area (Å²) in [6, 6.07) is 6.92. The largest absolute Gasteiger partial charge is 0.305 e. The molecule has 0 saturated carbocycles. The summed E-state index contributed by atoms with van der Waals surface area (Å²) in [7, 11) is 2.22. The van der Waals surface area contributed by atoms with E-state index in [4.69, 9.17) is 0 Å². The first-order valence-electron chi connectivity index (χ1n) is 5.77. The van der Waals surface area contributed by atoms with Gasteiger partial charge in [-0.05, 0) is 31.5 Å². The number of rotatable bonds is 0. The van der Waals surface area contributed by atoms with Crippen LogP contribution in [0.25, 0.3) is 0 Å². The van der Waals surface area contributed by atoms with Gasteiger partial charge in [0.15, 0.2) is 0 Å². The van der Waals surface area contributed by atoms with Gasteiger partial charge < -0.3 is 4.90 Å². The second-order valence-electron chi connectivity index (χ2n) is 5.53. The molecule has 0 radical (unpaired) electrons. The van der Waals surface area contributed by atoms with Gasteiger partial charge in [-0.25, -0.2) is 0 Å². The lowest BCUT2D eigenvalue weighted by Gasteiger charge is -2.28. The number of hydrogen-bond donors (Lipinski definition) is 0. The van der Waals surface area contributed by atoms with E-state index in [0.717, 1.165) is 6.54 Å². The van der Waals surface area contributed by atoms with Crippen molar-refractivity contribution in [3.8, 4) is 0 Å². The number of fused-ring (bicyclic) bond motifs is 1. The van der Waals surface area contributed by atoms with E-state index in [0.29, 0.717) is 0 Å². The Bertz CT molecular complexity index is 366. The van der Waals surface area contributed by atoms with Crippen LogP contribution in [0.15, 0.2) is 18.2 Å². The highest BCUT2D eigenvalue weighted by Crippen LogP contribution is 2.31. The summed E-state index contributed by atoms with van der Waals surface area (Å²) in [5, 5.41) is 0. The number of hydrogen-bond acceptors (Lipinski definition) is 1. The lowest BCUT2D eigenvalue weighted by atomic mass is 9.81. The molecule has 1 heteroatoms. The van der Waals surface area contributed by atoms with Crippen molar-refractivity contribution in [1.82, 2.24) is 4.90 Å². The molecule has 1 heterocycles. The summed E-state index contributed by atoms with van der Waals surface area (Å²) >= 11 is 0.